The second-order valence-corrected chi connectivity index (χ2v) is 13.3. The maximum absolute atomic E-state index is 11.7. The van der Waals surface area contributed by atoms with E-state index in [0.717, 1.165) is 42.7 Å². The highest BCUT2D eigenvalue weighted by molar-refractivity contribution is 5.80. The van der Waals surface area contributed by atoms with Crippen LogP contribution in [0.4, 0.5) is 34.1 Å². The van der Waals surface area contributed by atoms with Crippen molar-refractivity contribution in [2.24, 2.45) is 5.92 Å². The Balaban J connectivity index is 0.000000309. The molecular weight excluding hydrogens is 624 g/mol. The number of methoxy groups -OCH3 is 2. The third-order valence-corrected chi connectivity index (χ3v) is 8.77. The van der Waals surface area contributed by atoms with Crippen LogP contribution in [0.3, 0.4) is 0 Å². The van der Waals surface area contributed by atoms with Gasteiger partial charge in [-0.05, 0) is 76.1 Å². The van der Waals surface area contributed by atoms with Crippen molar-refractivity contribution in [2.75, 3.05) is 55.7 Å². The Bertz CT molecular complexity index is 1530. The molecular formula is C37H56N6O6. The number of unbranched alkanes of at least 4 members (excludes halogenated alkanes) is 2. The van der Waals surface area contributed by atoms with Gasteiger partial charge in [0.1, 0.15) is 23.0 Å². The lowest BCUT2D eigenvalue weighted by Crippen LogP contribution is -2.46. The molecule has 1 heterocycles. The molecule has 0 aromatic heterocycles. The summed E-state index contributed by atoms with van der Waals surface area (Å²) in [5, 5.41) is 10.1. The van der Waals surface area contributed by atoms with Crippen molar-refractivity contribution in [1.82, 2.24) is 0 Å². The fourth-order valence-corrected chi connectivity index (χ4v) is 5.74. The molecule has 12 heteroatoms. The van der Waals surface area contributed by atoms with Gasteiger partial charge in [0.2, 0.25) is 0 Å². The van der Waals surface area contributed by atoms with Gasteiger partial charge in [0, 0.05) is 66.1 Å². The second kappa shape index (κ2) is 18.0. The number of carbonyl (C=O) groups is 1. The van der Waals surface area contributed by atoms with E-state index in [2.05, 4.69) is 45.7 Å². The summed E-state index contributed by atoms with van der Waals surface area (Å²) in [4.78, 5) is 23.7. The highest BCUT2D eigenvalue weighted by atomic mass is 16.6. The number of nitrogens with two attached hydrogens (primary N) is 4. The van der Waals surface area contributed by atoms with Gasteiger partial charge in [0.05, 0.1) is 42.8 Å². The van der Waals surface area contributed by atoms with Gasteiger partial charge < -0.3 is 42.0 Å². The number of ether oxygens (including phenoxy) is 3. The number of ketones is 1. The summed E-state index contributed by atoms with van der Waals surface area (Å²) in [5.41, 5.74) is 29.1. The van der Waals surface area contributed by atoms with E-state index in [9.17, 15) is 14.9 Å². The number of hydrogen-bond acceptors (Lipinski definition) is 11. The Labute approximate surface area is 291 Å². The molecule has 1 aliphatic heterocycles. The molecule has 0 bridgehead atoms. The zero-order valence-corrected chi connectivity index (χ0v) is 30.6. The average Bonchev–Trinajstić information content (AvgIpc) is 3.04. The zero-order chi connectivity index (χ0) is 37.1. The molecule has 3 aromatic carbocycles. The van der Waals surface area contributed by atoms with Crippen LogP contribution in [0.25, 0.3) is 0 Å². The van der Waals surface area contributed by atoms with Gasteiger partial charge in [-0.15, -0.1) is 0 Å². The molecule has 0 radical (unpaired) electrons. The van der Waals surface area contributed by atoms with Crippen LogP contribution in [0.15, 0.2) is 42.5 Å². The van der Waals surface area contributed by atoms with Crippen LogP contribution in [-0.4, -0.2) is 44.1 Å². The highest BCUT2D eigenvalue weighted by Crippen LogP contribution is 2.48. The van der Waals surface area contributed by atoms with Crippen molar-refractivity contribution in [1.29, 1.82) is 0 Å². The van der Waals surface area contributed by atoms with Crippen molar-refractivity contribution >= 4 is 39.9 Å². The van der Waals surface area contributed by atoms with Crippen LogP contribution in [0.1, 0.15) is 83.8 Å². The van der Waals surface area contributed by atoms with Gasteiger partial charge in [-0.25, -0.2) is 0 Å². The maximum Gasteiger partial charge on any atom is 0.269 e. The molecule has 0 saturated heterocycles. The van der Waals surface area contributed by atoms with E-state index in [-0.39, 0.29) is 17.1 Å². The number of nitro benzene ring substituents is 1. The van der Waals surface area contributed by atoms with Crippen molar-refractivity contribution in [3.63, 3.8) is 0 Å². The average molecular weight is 681 g/mol. The molecule has 12 nitrogen and oxygen atoms in total. The van der Waals surface area contributed by atoms with Gasteiger partial charge in [-0.3, -0.25) is 14.9 Å². The van der Waals surface area contributed by atoms with Gasteiger partial charge >= 0.3 is 0 Å². The number of rotatable bonds is 11. The molecule has 0 fully saturated rings. The monoisotopic (exact) mass is 680 g/mol. The smallest absolute Gasteiger partial charge is 0.269 e. The van der Waals surface area contributed by atoms with Crippen LogP contribution in [0.2, 0.25) is 0 Å². The van der Waals surface area contributed by atoms with Crippen molar-refractivity contribution in [2.45, 2.75) is 85.1 Å². The van der Waals surface area contributed by atoms with Crippen LogP contribution in [0, 0.1) is 23.0 Å². The standard InChI is InChI=1S/C23H38N2O2.C8H12N2O2.C6H6N2O2/c1-15(2)20(26)11-9-8-10-12-27-22-17(4)21-18(13-19(22)24)16(3)14-23(5,6)25(21)7;1-11-7-3-6(10)8(12-2)4-5(7)9;7-5-1-3-6(4-2-5)8(9)10/h13,15-16H,8-12,14,24H2,1-7H3;3-4H,9-10H2,1-2H3;1-4H,7H2. The number of nitrogen functional groups attached to an aromatic ring is 4. The first-order chi connectivity index (χ1) is 22.9. The number of benzene rings is 3. The number of Topliss-reactive ketones (excluding diaryl/α,β-unsaturated/α-hetero) is 1. The predicted octanol–water partition coefficient (Wildman–Crippen LogP) is 7.51. The molecule has 0 aliphatic carbocycles. The summed E-state index contributed by atoms with van der Waals surface area (Å²) in [7, 11) is 5.25. The first-order valence-corrected chi connectivity index (χ1v) is 16.5. The summed E-state index contributed by atoms with van der Waals surface area (Å²) >= 11 is 0. The molecule has 1 aliphatic rings. The second-order valence-electron chi connectivity index (χ2n) is 13.3. The Morgan fingerprint density at radius 1 is 0.959 bits per heavy atom. The van der Waals surface area contributed by atoms with E-state index in [1.165, 1.54) is 49.7 Å². The highest BCUT2D eigenvalue weighted by Gasteiger charge is 2.36. The quantitative estimate of drug-likeness (QED) is 0.0677. The van der Waals surface area contributed by atoms with Crippen molar-refractivity contribution in [3.8, 4) is 17.2 Å². The van der Waals surface area contributed by atoms with E-state index >= 15 is 0 Å². The van der Waals surface area contributed by atoms with E-state index in [4.69, 9.17) is 37.1 Å². The molecule has 4 rings (SSSR count). The first kappa shape index (κ1) is 40.3. The lowest BCUT2D eigenvalue weighted by Gasteiger charge is -2.46. The minimum atomic E-state index is -0.459. The van der Waals surface area contributed by atoms with Crippen LogP contribution >= 0.6 is 0 Å². The number of hydrogen-bond donors (Lipinski definition) is 4. The molecule has 49 heavy (non-hydrogen) atoms. The number of nitro groups is 1. The van der Waals surface area contributed by atoms with E-state index in [1.54, 1.807) is 12.1 Å². The van der Waals surface area contributed by atoms with E-state index in [1.807, 2.05) is 13.8 Å². The Morgan fingerprint density at radius 3 is 2.00 bits per heavy atom. The minimum absolute atomic E-state index is 0.0641. The normalized spacial score (nSPS) is 14.4. The number of fused-ring (bicyclic) bond motifs is 1. The molecule has 0 saturated carbocycles. The summed E-state index contributed by atoms with van der Waals surface area (Å²) in [5.74, 6) is 2.93. The van der Waals surface area contributed by atoms with Crippen LogP contribution in [-0.2, 0) is 4.79 Å². The topological polar surface area (TPSA) is 195 Å². The Hall–Kier alpha value is -4.87. The maximum atomic E-state index is 11.7. The lowest BCUT2D eigenvalue weighted by molar-refractivity contribution is -0.384. The Kier molecular flexibility index (Phi) is 14.8. The van der Waals surface area contributed by atoms with Gasteiger partial charge in [0.15, 0.2) is 0 Å². The SMILES string of the molecule is COc1cc(N)c(OC)cc1N.Cc1c(OCCCCCC(=O)C(C)C)c(N)cc2c1N(C)C(C)(C)CC2C.Nc1ccc([N+](=O)[O-])cc1. The third kappa shape index (κ3) is 11.1. The third-order valence-electron chi connectivity index (χ3n) is 8.77. The fraction of sp³-hybridized carbons (Fsp3) is 0.486. The largest absolute Gasteiger partial charge is 0.495 e. The number of non-ortho nitro benzene ring substituents is 1. The molecule has 8 N–H and O–H groups in total. The van der Waals surface area contributed by atoms with Crippen molar-refractivity contribution in [3.05, 3.63) is 63.7 Å². The van der Waals surface area contributed by atoms with Gasteiger partial charge in [-0.2, -0.15) is 0 Å². The molecule has 1 atom stereocenters. The fourth-order valence-electron chi connectivity index (χ4n) is 5.74. The van der Waals surface area contributed by atoms with Crippen molar-refractivity contribution < 1.29 is 23.9 Å². The van der Waals surface area contributed by atoms with Crippen LogP contribution < -0.4 is 42.0 Å². The molecule has 0 amide bonds. The lowest BCUT2D eigenvalue weighted by atomic mass is 9.79. The van der Waals surface area contributed by atoms with Crippen LogP contribution in [0.5, 0.6) is 17.2 Å². The van der Waals surface area contributed by atoms with E-state index in [0.29, 0.717) is 53.3 Å². The number of anilines is 5. The first-order valence-electron chi connectivity index (χ1n) is 16.5. The van der Waals surface area contributed by atoms with E-state index < -0.39 is 4.92 Å². The van der Waals surface area contributed by atoms with Gasteiger partial charge in [-0.1, -0.05) is 20.8 Å². The Morgan fingerprint density at radius 2 is 1.51 bits per heavy atom. The zero-order valence-electron chi connectivity index (χ0n) is 30.6. The molecule has 3 aromatic rings. The molecule has 270 valence electrons. The van der Waals surface area contributed by atoms with Gasteiger partial charge in [0.25, 0.3) is 5.69 Å². The summed E-state index contributed by atoms with van der Waals surface area (Å²) in [6, 6.07) is 11.1. The summed E-state index contributed by atoms with van der Waals surface area (Å²) in [6.07, 6.45) is 4.68. The summed E-state index contributed by atoms with van der Waals surface area (Å²) in [6.45, 7) is 13.6. The summed E-state index contributed by atoms with van der Waals surface area (Å²) < 4.78 is 16.0. The molecule has 1 unspecified atom stereocenters. The predicted molar refractivity (Wildman–Crippen MR) is 201 cm³/mol. The molecule has 0 spiro atoms. The minimum Gasteiger partial charge on any atom is -0.495 e. The number of nitrogens with zero attached hydrogens (tertiary/aromatic N) is 2. The number of carbonyl (C=O) groups excluding carboxylic acids is 1.